The van der Waals surface area contributed by atoms with Gasteiger partial charge in [-0.25, -0.2) is 4.98 Å². The fourth-order valence-corrected chi connectivity index (χ4v) is 2.00. The largest absolute Gasteiger partial charge is 0.346 e. The first kappa shape index (κ1) is 13.5. The zero-order valence-electron chi connectivity index (χ0n) is 11.6. The number of nitrogens with zero attached hydrogens (tertiary/aromatic N) is 2. The van der Waals surface area contributed by atoms with Gasteiger partial charge in [0.15, 0.2) is 0 Å². The van der Waals surface area contributed by atoms with Crippen molar-refractivity contribution in [2.75, 3.05) is 13.6 Å². The topological polar surface area (TPSA) is 61.0 Å². The molecule has 19 heavy (non-hydrogen) atoms. The number of fused-ring (bicyclic) bond motifs is 1. The first-order valence-electron chi connectivity index (χ1n) is 6.52. The number of amides is 1. The molecule has 2 rings (SSSR count). The van der Waals surface area contributed by atoms with Crippen LogP contribution in [0.3, 0.4) is 0 Å². The number of nitrogens with one attached hydrogen (secondary N) is 2. The molecule has 1 atom stereocenters. The summed E-state index contributed by atoms with van der Waals surface area (Å²) < 4.78 is 0. The summed E-state index contributed by atoms with van der Waals surface area (Å²) in [5.74, 6) is 0.112. The summed E-state index contributed by atoms with van der Waals surface area (Å²) in [7, 11) is 1.82. The van der Waals surface area contributed by atoms with Crippen molar-refractivity contribution in [1.82, 2.24) is 20.2 Å². The molecule has 0 bridgehead atoms. The monoisotopic (exact) mass is 260 g/mol. The van der Waals surface area contributed by atoms with E-state index in [0.717, 1.165) is 23.1 Å². The zero-order chi connectivity index (χ0) is 13.8. The summed E-state index contributed by atoms with van der Waals surface area (Å²) in [6, 6.07) is 3.76. The summed E-state index contributed by atoms with van der Waals surface area (Å²) >= 11 is 0. The molecular weight excluding hydrogens is 240 g/mol. The molecular formula is C14H20N4O. The highest BCUT2D eigenvalue weighted by Gasteiger charge is 2.16. The fourth-order valence-electron chi connectivity index (χ4n) is 2.00. The van der Waals surface area contributed by atoms with Crippen LogP contribution in [0.4, 0.5) is 0 Å². The molecule has 1 amide bonds. The Morgan fingerprint density at radius 1 is 1.58 bits per heavy atom. The van der Waals surface area contributed by atoms with Crippen molar-refractivity contribution in [3.05, 3.63) is 30.1 Å². The number of hydrogen-bond acceptors (Lipinski definition) is 3. The lowest BCUT2D eigenvalue weighted by atomic mass is 10.2. The molecule has 2 aromatic rings. The molecule has 0 aromatic carbocycles. The van der Waals surface area contributed by atoms with Crippen LogP contribution in [0.15, 0.2) is 24.5 Å². The smallest absolute Gasteiger partial charge is 0.239 e. The van der Waals surface area contributed by atoms with Gasteiger partial charge in [-0.3, -0.25) is 4.79 Å². The molecule has 5 heteroatoms. The van der Waals surface area contributed by atoms with E-state index in [1.54, 1.807) is 11.1 Å². The van der Waals surface area contributed by atoms with E-state index in [4.69, 9.17) is 0 Å². The van der Waals surface area contributed by atoms with Crippen LogP contribution in [0, 0.1) is 0 Å². The molecule has 0 saturated carbocycles. The van der Waals surface area contributed by atoms with Crippen LogP contribution in [0.25, 0.3) is 11.0 Å². The highest BCUT2D eigenvalue weighted by Crippen LogP contribution is 2.15. The Balaban J connectivity index is 2.01. The predicted octanol–water partition coefficient (Wildman–Crippen LogP) is 1.52. The number of carbonyl (C=O) groups excluding carboxylic acids is 1. The van der Waals surface area contributed by atoms with E-state index >= 15 is 0 Å². The lowest BCUT2D eigenvalue weighted by molar-refractivity contribution is -0.131. The number of carbonyl (C=O) groups is 1. The van der Waals surface area contributed by atoms with Crippen LogP contribution < -0.4 is 5.32 Å². The number of rotatable bonds is 5. The van der Waals surface area contributed by atoms with Gasteiger partial charge in [-0.1, -0.05) is 0 Å². The van der Waals surface area contributed by atoms with Crippen molar-refractivity contribution in [3.63, 3.8) is 0 Å². The molecule has 2 aromatic heterocycles. The molecule has 0 aliphatic heterocycles. The van der Waals surface area contributed by atoms with Gasteiger partial charge < -0.3 is 15.2 Å². The average Bonchev–Trinajstić information content (AvgIpc) is 2.86. The van der Waals surface area contributed by atoms with E-state index in [2.05, 4.69) is 15.3 Å². The van der Waals surface area contributed by atoms with Crippen molar-refractivity contribution in [2.24, 2.45) is 0 Å². The van der Waals surface area contributed by atoms with Gasteiger partial charge in [0.25, 0.3) is 0 Å². The number of aromatic nitrogens is 2. The quantitative estimate of drug-likeness (QED) is 0.857. The maximum atomic E-state index is 11.9. The minimum absolute atomic E-state index is 0.112. The second kappa shape index (κ2) is 5.84. The number of aromatic amines is 1. The van der Waals surface area contributed by atoms with Gasteiger partial charge in [-0.2, -0.15) is 0 Å². The Hall–Kier alpha value is -1.88. The number of hydrogen-bond donors (Lipinski definition) is 2. The van der Waals surface area contributed by atoms with E-state index < -0.39 is 0 Å². The Labute approximate surface area is 113 Å². The summed E-state index contributed by atoms with van der Waals surface area (Å²) in [5.41, 5.74) is 2.01. The zero-order valence-corrected chi connectivity index (χ0v) is 11.6. The van der Waals surface area contributed by atoms with Crippen molar-refractivity contribution >= 4 is 16.9 Å². The maximum absolute atomic E-state index is 11.9. The van der Waals surface area contributed by atoms with E-state index in [0.29, 0.717) is 6.54 Å². The molecule has 2 N–H and O–H groups in total. The molecule has 0 aliphatic rings. The molecule has 0 saturated heterocycles. The van der Waals surface area contributed by atoms with Crippen LogP contribution in [-0.2, 0) is 11.3 Å². The van der Waals surface area contributed by atoms with Crippen molar-refractivity contribution in [3.8, 4) is 0 Å². The summed E-state index contributed by atoms with van der Waals surface area (Å²) in [4.78, 5) is 21.0. The third-order valence-electron chi connectivity index (χ3n) is 3.36. The molecule has 0 aliphatic carbocycles. The van der Waals surface area contributed by atoms with Crippen molar-refractivity contribution < 1.29 is 4.79 Å². The van der Waals surface area contributed by atoms with Gasteiger partial charge in [0.2, 0.25) is 5.91 Å². The second-order valence-electron chi connectivity index (χ2n) is 4.67. The number of H-pyrrole nitrogens is 1. The van der Waals surface area contributed by atoms with Gasteiger partial charge in [-0.05, 0) is 31.5 Å². The fraction of sp³-hybridized carbons (Fsp3) is 0.429. The maximum Gasteiger partial charge on any atom is 0.239 e. The van der Waals surface area contributed by atoms with Crippen LogP contribution in [0.5, 0.6) is 0 Å². The highest BCUT2D eigenvalue weighted by atomic mass is 16.2. The van der Waals surface area contributed by atoms with E-state index in [1.807, 2.05) is 39.2 Å². The Bertz CT molecular complexity index is 563. The average molecular weight is 260 g/mol. The minimum atomic E-state index is -0.188. The second-order valence-corrected chi connectivity index (χ2v) is 4.67. The minimum Gasteiger partial charge on any atom is -0.346 e. The lowest BCUT2D eigenvalue weighted by Gasteiger charge is -2.20. The molecule has 1 unspecified atom stereocenters. The van der Waals surface area contributed by atoms with Crippen LogP contribution in [-0.4, -0.2) is 40.4 Å². The number of likely N-dealkylation sites (N-methyl/N-ethyl adjacent to an activating group) is 1. The third-order valence-corrected chi connectivity index (χ3v) is 3.36. The Kier molecular flexibility index (Phi) is 4.16. The van der Waals surface area contributed by atoms with Crippen molar-refractivity contribution in [2.45, 2.75) is 26.4 Å². The van der Waals surface area contributed by atoms with Gasteiger partial charge in [0, 0.05) is 37.9 Å². The third kappa shape index (κ3) is 2.93. The summed E-state index contributed by atoms with van der Waals surface area (Å²) in [5, 5.41) is 4.35. The van der Waals surface area contributed by atoms with E-state index in [9.17, 15) is 4.79 Å². The lowest BCUT2D eigenvalue weighted by Crippen LogP contribution is -2.42. The molecule has 0 fully saturated rings. The van der Waals surface area contributed by atoms with Crippen LogP contribution >= 0.6 is 0 Å². The highest BCUT2D eigenvalue weighted by molar-refractivity contribution is 5.82. The Morgan fingerprint density at radius 2 is 2.37 bits per heavy atom. The molecule has 102 valence electrons. The number of pyridine rings is 1. The Morgan fingerprint density at radius 3 is 3.11 bits per heavy atom. The normalized spacial score (nSPS) is 12.6. The van der Waals surface area contributed by atoms with Gasteiger partial charge in [0.05, 0.1) is 6.04 Å². The molecule has 2 heterocycles. The molecule has 5 nitrogen and oxygen atoms in total. The predicted molar refractivity (Wildman–Crippen MR) is 75.7 cm³/mol. The summed E-state index contributed by atoms with van der Waals surface area (Å²) in [6.45, 7) is 5.23. The van der Waals surface area contributed by atoms with E-state index in [1.165, 1.54) is 0 Å². The van der Waals surface area contributed by atoms with Gasteiger partial charge >= 0.3 is 0 Å². The van der Waals surface area contributed by atoms with Crippen molar-refractivity contribution in [1.29, 1.82) is 0 Å². The van der Waals surface area contributed by atoms with Crippen LogP contribution in [0.2, 0.25) is 0 Å². The molecule has 0 radical (unpaired) electrons. The summed E-state index contributed by atoms with van der Waals surface area (Å²) in [6.07, 6.45) is 3.70. The standard InChI is InChI=1S/C14H20N4O/c1-4-18(3)14(19)10(2)16-8-11-9-17-13-12(11)6-5-7-15-13/h5-7,9-10,16H,4,8H2,1-3H3,(H,15,17). The van der Waals surface area contributed by atoms with Crippen LogP contribution in [0.1, 0.15) is 19.4 Å². The first-order valence-corrected chi connectivity index (χ1v) is 6.52. The van der Waals surface area contributed by atoms with Gasteiger partial charge in [-0.15, -0.1) is 0 Å². The molecule has 0 spiro atoms. The van der Waals surface area contributed by atoms with E-state index in [-0.39, 0.29) is 11.9 Å². The van der Waals surface area contributed by atoms with Gasteiger partial charge in [0.1, 0.15) is 5.65 Å². The first-order chi connectivity index (χ1) is 9.13. The SMILES string of the molecule is CCN(C)C(=O)C(C)NCc1c[nH]c2ncccc12.